The van der Waals surface area contributed by atoms with Gasteiger partial charge in [-0.3, -0.25) is 9.59 Å². The first-order chi connectivity index (χ1) is 15.0. The Bertz CT molecular complexity index is 916. The highest BCUT2D eigenvalue weighted by molar-refractivity contribution is 5.97. The molecule has 0 bridgehead atoms. The number of imidazole rings is 1. The summed E-state index contributed by atoms with van der Waals surface area (Å²) in [5.41, 5.74) is 2.59. The number of likely N-dealkylation sites (tertiary alicyclic amines) is 2. The van der Waals surface area contributed by atoms with Crippen molar-refractivity contribution in [2.24, 2.45) is 11.8 Å². The largest absolute Gasteiger partial charge is 0.356 e. The van der Waals surface area contributed by atoms with Gasteiger partial charge in [0.15, 0.2) is 0 Å². The second-order valence-electron chi connectivity index (χ2n) is 9.25. The number of carbonyl (C=O) groups excluding carboxylic acids is 2. The van der Waals surface area contributed by atoms with Gasteiger partial charge in [-0.2, -0.15) is 0 Å². The highest BCUT2D eigenvalue weighted by Gasteiger charge is 2.27. The molecule has 2 amide bonds. The molecule has 0 spiro atoms. The predicted octanol–water partition coefficient (Wildman–Crippen LogP) is 2.76. The van der Waals surface area contributed by atoms with Crippen molar-refractivity contribution >= 4 is 22.8 Å². The van der Waals surface area contributed by atoms with Crippen LogP contribution in [0.3, 0.4) is 0 Å². The molecule has 1 aromatic carbocycles. The summed E-state index contributed by atoms with van der Waals surface area (Å²) in [5.74, 6) is 1.00. The molecular formula is C24H35N5O2. The van der Waals surface area contributed by atoms with Gasteiger partial charge in [0.1, 0.15) is 0 Å². The Morgan fingerprint density at radius 2 is 1.94 bits per heavy atom. The van der Waals surface area contributed by atoms with Crippen molar-refractivity contribution in [2.45, 2.75) is 45.6 Å². The molecule has 2 fully saturated rings. The number of aryl methyl sites for hydroxylation is 1. The normalized spacial score (nSPS) is 20.8. The Morgan fingerprint density at radius 3 is 2.71 bits per heavy atom. The van der Waals surface area contributed by atoms with Crippen molar-refractivity contribution in [3.63, 3.8) is 0 Å². The molecule has 168 valence electrons. The summed E-state index contributed by atoms with van der Waals surface area (Å²) >= 11 is 0. The molecule has 2 aliphatic rings. The monoisotopic (exact) mass is 425 g/mol. The van der Waals surface area contributed by atoms with Gasteiger partial charge in [0.05, 0.1) is 17.4 Å². The molecule has 7 nitrogen and oxygen atoms in total. The number of rotatable bonds is 6. The maximum atomic E-state index is 13.1. The summed E-state index contributed by atoms with van der Waals surface area (Å²) in [6.45, 7) is 7.37. The molecule has 1 N–H and O–H groups in total. The van der Waals surface area contributed by atoms with Gasteiger partial charge in [-0.05, 0) is 82.8 Å². The fourth-order valence-corrected chi connectivity index (χ4v) is 4.91. The SMILES string of the molecule is CCn1cnc2cc(C(=O)N3CCC[C@@H](CC(=O)NCC4CCN(C)CC4)C3)ccc21. The van der Waals surface area contributed by atoms with E-state index < -0.39 is 0 Å². The number of benzene rings is 1. The molecule has 31 heavy (non-hydrogen) atoms. The maximum Gasteiger partial charge on any atom is 0.253 e. The van der Waals surface area contributed by atoms with Crippen LogP contribution < -0.4 is 5.32 Å². The lowest BCUT2D eigenvalue weighted by Crippen LogP contribution is -2.42. The lowest BCUT2D eigenvalue weighted by molar-refractivity contribution is -0.122. The summed E-state index contributed by atoms with van der Waals surface area (Å²) in [5, 5.41) is 3.15. The van der Waals surface area contributed by atoms with E-state index in [0.717, 1.165) is 69.4 Å². The molecule has 1 aromatic heterocycles. The second kappa shape index (κ2) is 9.81. The minimum atomic E-state index is 0.0457. The molecule has 0 saturated carbocycles. The van der Waals surface area contributed by atoms with Gasteiger partial charge in [-0.15, -0.1) is 0 Å². The number of hydrogen-bond donors (Lipinski definition) is 1. The Morgan fingerprint density at radius 1 is 1.13 bits per heavy atom. The third-order valence-corrected chi connectivity index (χ3v) is 6.92. The van der Waals surface area contributed by atoms with Gasteiger partial charge in [-0.25, -0.2) is 4.98 Å². The van der Waals surface area contributed by atoms with E-state index in [1.165, 1.54) is 0 Å². The average Bonchev–Trinajstić information content (AvgIpc) is 3.21. The number of nitrogens with one attached hydrogen (secondary N) is 1. The fraction of sp³-hybridized carbons (Fsp3) is 0.625. The number of aromatic nitrogens is 2. The van der Waals surface area contributed by atoms with Crippen LogP contribution in [0.15, 0.2) is 24.5 Å². The first-order valence-corrected chi connectivity index (χ1v) is 11.7. The van der Waals surface area contributed by atoms with E-state index in [2.05, 4.69) is 33.7 Å². The highest BCUT2D eigenvalue weighted by atomic mass is 16.2. The van der Waals surface area contributed by atoms with Crippen LogP contribution >= 0.6 is 0 Å². The van der Waals surface area contributed by atoms with Crippen molar-refractivity contribution < 1.29 is 9.59 Å². The number of amides is 2. The van der Waals surface area contributed by atoms with E-state index in [4.69, 9.17) is 0 Å². The molecule has 4 rings (SSSR count). The quantitative estimate of drug-likeness (QED) is 0.773. The molecule has 7 heteroatoms. The van der Waals surface area contributed by atoms with Gasteiger partial charge in [0, 0.05) is 38.2 Å². The van der Waals surface area contributed by atoms with Crippen LogP contribution in [0.4, 0.5) is 0 Å². The molecule has 1 atom stereocenters. The third kappa shape index (κ3) is 5.26. The molecule has 2 saturated heterocycles. The van der Waals surface area contributed by atoms with Gasteiger partial charge >= 0.3 is 0 Å². The van der Waals surface area contributed by atoms with Crippen LogP contribution in [0.1, 0.15) is 49.4 Å². The van der Waals surface area contributed by atoms with Gasteiger partial charge in [-0.1, -0.05) is 0 Å². The van der Waals surface area contributed by atoms with E-state index in [1.54, 1.807) is 0 Å². The zero-order valence-electron chi connectivity index (χ0n) is 18.8. The maximum absolute atomic E-state index is 13.1. The Labute approximate surface area is 184 Å². The smallest absolute Gasteiger partial charge is 0.253 e. The van der Waals surface area contributed by atoms with E-state index >= 15 is 0 Å². The predicted molar refractivity (Wildman–Crippen MR) is 122 cm³/mol. The molecule has 3 heterocycles. The number of hydrogen-bond acceptors (Lipinski definition) is 4. The average molecular weight is 426 g/mol. The minimum Gasteiger partial charge on any atom is -0.356 e. The summed E-state index contributed by atoms with van der Waals surface area (Å²) < 4.78 is 2.07. The third-order valence-electron chi connectivity index (χ3n) is 6.92. The zero-order valence-corrected chi connectivity index (χ0v) is 18.8. The molecular weight excluding hydrogens is 390 g/mol. The number of piperidine rings is 2. The van der Waals surface area contributed by atoms with E-state index in [9.17, 15) is 9.59 Å². The van der Waals surface area contributed by atoms with Gasteiger partial charge < -0.3 is 19.7 Å². The van der Waals surface area contributed by atoms with E-state index in [-0.39, 0.29) is 17.7 Å². The molecule has 0 aliphatic carbocycles. The summed E-state index contributed by atoms with van der Waals surface area (Å²) in [6, 6.07) is 5.77. The molecule has 0 radical (unpaired) electrons. The molecule has 0 unspecified atom stereocenters. The van der Waals surface area contributed by atoms with Crippen LogP contribution in [-0.2, 0) is 11.3 Å². The summed E-state index contributed by atoms with van der Waals surface area (Å²) in [6.07, 6.45) is 6.60. The van der Waals surface area contributed by atoms with Crippen LogP contribution in [0.25, 0.3) is 11.0 Å². The van der Waals surface area contributed by atoms with E-state index in [1.807, 2.05) is 29.4 Å². The topological polar surface area (TPSA) is 70.5 Å². The lowest BCUT2D eigenvalue weighted by atomic mass is 9.93. The van der Waals surface area contributed by atoms with Crippen molar-refractivity contribution in [2.75, 3.05) is 39.8 Å². The van der Waals surface area contributed by atoms with Crippen molar-refractivity contribution in [3.05, 3.63) is 30.1 Å². The standard InChI is InChI=1S/C24H35N5O2/c1-3-28-17-26-21-14-20(6-7-22(21)28)24(31)29-10-4-5-19(16-29)13-23(30)25-15-18-8-11-27(2)12-9-18/h6-7,14,17-19H,3-5,8-13,15-16H2,1-2H3,(H,25,30)/t19-/m0/s1. The second-order valence-corrected chi connectivity index (χ2v) is 9.25. The summed E-state index contributed by atoms with van der Waals surface area (Å²) in [4.78, 5) is 34.3. The first-order valence-electron chi connectivity index (χ1n) is 11.7. The lowest BCUT2D eigenvalue weighted by Gasteiger charge is -2.33. The van der Waals surface area contributed by atoms with Crippen LogP contribution in [0.2, 0.25) is 0 Å². The van der Waals surface area contributed by atoms with Crippen molar-refractivity contribution in [3.8, 4) is 0 Å². The van der Waals surface area contributed by atoms with Crippen molar-refractivity contribution in [1.82, 2.24) is 24.7 Å². The zero-order chi connectivity index (χ0) is 21.8. The van der Waals surface area contributed by atoms with Crippen LogP contribution in [-0.4, -0.2) is 70.9 Å². The minimum absolute atomic E-state index is 0.0457. The summed E-state index contributed by atoms with van der Waals surface area (Å²) in [7, 11) is 2.15. The first kappa shape index (κ1) is 21.8. The fourth-order valence-electron chi connectivity index (χ4n) is 4.91. The number of nitrogens with zero attached hydrogens (tertiary/aromatic N) is 4. The van der Waals surface area contributed by atoms with Gasteiger partial charge in [0.2, 0.25) is 5.91 Å². The van der Waals surface area contributed by atoms with Gasteiger partial charge in [0.25, 0.3) is 5.91 Å². The Hall–Kier alpha value is -2.41. The van der Waals surface area contributed by atoms with Crippen LogP contribution in [0.5, 0.6) is 0 Å². The Kier molecular flexibility index (Phi) is 6.90. The number of fused-ring (bicyclic) bond motifs is 1. The highest BCUT2D eigenvalue weighted by Crippen LogP contribution is 2.23. The molecule has 2 aliphatic heterocycles. The van der Waals surface area contributed by atoms with E-state index in [0.29, 0.717) is 24.4 Å². The Balaban J connectivity index is 1.29. The van der Waals surface area contributed by atoms with Crippen molar-refractivity contribution in [1.29, 1.82) is 0 Å². The van der Waals surface area contributed by atoms with Crippen LogP contribution in [0, 0.1) is 11.8 Å². The molecule has 2 aromatic rings. The number of carbonyl (C=O) groups is 2.